The fourth-order valence-corrected chi connectivity index (χ4v) is 4.92. The lowest BCUT2D eigenvalue weighted by Crippen LogP contribution is -2.50. The van der Waals surface area contributed by atoms with Crippen LogP contribution in [0.1, 0.15) is 44.9 Å². The van der Waals surface area contributed by atoms with Gasteiger partial charge in [0, 0.05) is 45.3 Å². The van der Waals surface area contributed by atoms with Crippen LogP contribution in [-0.4, -0.2) is 63.2 Å². The molecule has 1 aliphatic heterocycles. The number of nitrogens with one attached hydrogen (secondary N) is 2. The topological polar surface area (TPSA) is 42.9 Å². The number of thiophene rings is 1. The Morgan fingerprint density at radius 3 is 2.59 bits per heavy atom. The molecule has 1 aromatic rings. The second-order valence-corrected chi connectivity index (χ2v) is 8.55. The Morgan fingerprint density at radius 1 is 1.22 bits per heavy atom. The molecule has 0 aromatic carbocycles. The molecule has 154 valence electrons. The molecule has 0 atom stereocenters. The van der Waals surface area contributed by atoms with Gasteiger partial charge in [0.25, 0.3) is 0 Å². The smallest absolute Gasteiger partial charge is 0.191 e. The zero-order valence-electron chi connectivity index (χ0n) is 16.8. The number of hydrogen-bond acceptors (Lipinski definition) is 4. The molecule has 0 spiro atoms. The summed E-state index contributed by atoms with van der Waals surface area (Å²) in [6.45, 7) is 4.29. The fourth-order valence-electron chi connectivity index (χ4n) is 4.14. The van der Waals surface area contributed by atoms with Crippen LogP contribution < -0.4 is 15.5 Å². The largest absolute Gasteiger partial charge is 0.363 e. The van der Waals surface area contributed by atoms with Crippen LogP contribution in [0.25, 0.3) is 0 Å². The van der Waals surface area contributed by atoms with Gasteiger partial charge in [-0.2, -0.15) is 0 Å². The summed E-state index contributed by atoms with van der Waals surface area (Å²) in [4.78, 5) is 9.45. The lowest BCUT2D eigenvalue weighted by molar-refractivity contribution is 0.194. The molecular formula is C20H36IN5S. The first-order chi connectivity index (χ1) is 12.8. The first-order valence-corrected chi connectivity index (χ1v) is 11.1. The van der Waals surface area contributed by atoms with Crippen molar-refractivity contribution in [1.29, 1.82) is 0 Å². The third-order valence-corrected chi connectivity index (χ3v) is 6.76. The second-order valence-electron chi connectivity index (χ2n) is 7.63. The third kappa shape index (κ3) is 7.09. The number of rotatable bonds is 6. The maximum absolute atomic E-state index is 4.42. The average molecular weight is 506 g/mol. The monoisotopic (exact) mass is 505 g/mol. The van der Waals surface area contributed by atoms with Gasteiger partial charge < -0.3 is 20.4 Å². The van der Waals surface area contributed by atoms with Crippen LogP contribution in [0, 0.1) is 0 Å². The lowest BCUT2D eigenvalue weighted by atomic mass is 9.94. The molecule has 7 heteroatoms. The van der Waals surface area contributed by atoms with E-state index in [1.165, 1.54) is 49.9 Å². The van der Waals surface area contributed by atoms with E-state index < -0.39 is 0 Å². The van der Waals surface area contributed by atoms with Crippen molar-refractivity contribution in [1.82, 2.24) is 15.5 Å². The molecule has 0 radical (unpaired) electrons. The Balaban J connectivity index is 0.00000261. The zero-order chi connectivity index (χ0) is 18.2. The van der Waals surface area contributed by atoms with Crippen LogP contribution in [0.3, 0.4) is 0 Å². The molecule has 1 aliphatic carbocycles. The maximum Gasteiger partial charge on any atom is 0.191 e. The zero-order valence-corrected chi connectivity index (χ0v) is 20.0. The number of likely N-dealkylation sites (N-methyl/N-ethyl adjacent to an activating group) is 1. The number of anilines is 1. The summed E-state index contributed by atoms with van der Waals surface area (Å²) in [5, 5.41) is 10.7. The van der Waals surface area contributed by atoms with Gasteiger partial charge in [0.1, 0.15) is 0 Å². The Hall–Kier alpha value is -0.540. The van der Waals surface area contributed by atoms with Gasteiger partial charge in [0.2, 0.25) is 0 Å². The van der Waals surface area contributed by atoms with E-state index in [1.807, 2.05) is 18.4 Å². The van der Waals surface area contributed by atoms with Crippen molar-refractivity contribution in [3.63, 3.8) is 0 Å². The SMILES string of the molecule is CN=C(NCCN(C)C1CCCCC1)NC1CCN(c2cccs2)CC1.I. The van der Waals surface area contributed by atoms with Crippen LogP contribution in [0.2, 0.25) is 0 Å². The first-order valence-electron chi connectivity index (χ1n) is 10.2. The van der Waals surface area contributed by atoms with Gasteiger partial charge in [0.05, 0.1) is 5.00 Å². The molecule has 1 aromatic heterocycles. The number of aliphatic imine (C=N–C) groups is 1. The van der Waals surface area contributed by atoms with Gasteiger partial charge in [-0.05, 0) is 50.2 Å². The molecule has 2 heterocycles. The number of nitrogens with zero attached hydrogens (tertiary/aromatic N) is 3. The van der Waals surface area contributed by atoms with Crippen molar-refractivity contribution in [2.24, 2.45) is 4.99 Å². The van der Waals surface area contributed by atoms with E-state index in [0.29, 0.717) is 6.04 Å². The Kier molecular flexibility index (Phi) is 10.2. The fraction of sp³-hybridized carbons (Fsp3) is 0.750. The van der Waals surface area contributed by atoms with Crippen LogP contribution in [0.4, 0.5) is 5.00 Å². The van der Waals surface area contributed by atoms with Gasteiger partial charge in [-0.1, -0.05) is 19.3 Å². The second kappa shape index (κ2) is 12.1. The van der Waals surface area contributed by atoms with Gasteiger partial charge in [-0.25, -0.2) is 0 Å². The first kappa shape index (κ1) is 22.7. The highest BCUT2D eigenvalue weighted by Gasteiger charge is 2.21. The van der Waals surface area contributed by atoms with Gasteiger partial charge in [-0.3, -0.25) is 4.99 Å². The van der Waals surface area contributed by atoms with E-state index in [4.69, 9.17) is 0 Å². The van der Waals surface area contributed by atoms with Gasteiger partial charge >= 0.3 is 0 Å². The van der Waals surface area contributed by atoms with Crippen molar-refractivity contribution < 1.29 is 0 Å². The molecule has 1 saturated carbocycles. The number of hydrogen-bond donors (Lipinski definition) is 2. The van der Waals surface area contributed by atoms with Crippen LogP contribution in [0.5, 0.6) is 0 Å². The van der Waals surface area contributed by atoms with E-state index in [2.05, 4.69) is 50.0 Å². The molecule has 0 bridgehead atoms. The summed E-state index contributed by atoms with van der Waals surface area (Å²) >= 11 is 1.84. The molecule has 1 saturated heterocycles. The lowest BCUT2D eigenvalue weighted by Gasteiger charge is -2.34. The standard InChI is InChI=1S/C20H35N5S.HI/c1-21-20(22-12-15-24(2)18-7-4-3-5-8-18)23-17-10-13-25(14-11-17)19-9-6-16-26-19;/h6,9,16-18H,3-5,7-8,10-15H2,1-2H3,(H2,21,22,23);1H. The van der Waals surface area contributed by atoms with E-state index in [9.17, 15) is 0 Å². The van der Waals surface area contributed by atoms with Crippen molar-refractivity contribution in [2.45, 2.75) is 57.0 Å². The van der Waals surface area contributed by atoms with Crippen molar-refractivity contribution >= 4 is 46.3 Å². The molecule has 2 aliphatic rings. The van der Waals surface area contributed by atoms with Crippen LogP contribution in [0.15, 0.2) is 22.5 Å². The van der Waals surface area contributed by atoms with E-state index >= 15 is 0 Å². The quantitative estimate of drug-likeness (QED) is 0.351. The summed E-state index contributed by atoms with van der Waals surface area (Å²) in [7, 11) is 4.15. The minimum Gasteiger partial charge on any atom is -0.363 e. The summed E-state index contributed by atoms with van der Waals surface area (Å²) in [6.07, 6.45) is 9.29. The Labute approximate surface area is 186 Å². The predicted octanol–water partition coefficient (Wildman–Crippen LogP) is 3.76. The van der Waals surface area contributed by atoms with Gasteiger partial charge in [-0.15, -0.1) is 35.3 Å². The highest BCUT2D eigenvalue weighted by Crippen LogP contribution is 2.24. The summed E-state index contributed by atoms with van der Waals surface area (Å²) in [5.74, 6) is 0.955. The molecule has 27 heavy (non-hydrogen) atoms. The molecule has 0 amide bonds. The predicted molar refractivity (Wildman–Crippen MR) is 129 cm³/mol. The minimum atomic E-state index is 0. The number of piperidine rings is 1. The van der Waals surface area contributed by atoms with E-state index in [0.717, 1.165) is 38.2 Å². The molecule has 5 nitrogen and oxygen atoms in total. The normalized spacial score (nSPS) is 19.8. The van der Waals surface area contributed by atoms with Crippen molar-refractivity contribution in [3.8, 4) is 0 Å². The maximum atomic E-state index is 4.42. The Bertz CT molecular complexity index is 537. The minimum absolute atomic E-state index is 0. The van der Waals surface area contributed by atoms with Crippen molar-refractivity contribution in [2.75, 3.05) is 45.2 Å². The number of guanidine groups is 1. The molecule has 2 N–H and O–H groups in total. The average Bonchev–Trinajstić information content (AvgIpc) is 3.23. The van der Waals surface area contributed by atoms with E-state index in [-0.39, 0.29) is 24.0 Å². The summed E-state index contributed by atoms with van der Waals surface area (Å²) in [6, 6.07) is 5.66. The van der Waals surface area contributed by atoms with Crippen LogP contribution >= 0.6 is 35.3 Å². The molecular weight excluding hydrogens is 469 g/mol. The summed E-state index contributed by atoms with van der Waals surface area (Å²) < 4.78 is 0. The highest BCUT2D eigenvalue weighted by molar-refractivity contribution is 14.0. The molecule has 3 rings (SSSR count). The van der Waals surface area contributed by atoms with Crippen molar-refractivity contribution in [3.05, 3.63) is 17.5 Å². The summed E-state index contributed by atoms with van der Waals surface area (Å²) in [5.41, 5.74) is 0. The van der Waals surface area contributed by atoms with Crippen LogP contribution in [-0.2, 0) is 0 Å². The van der Waals surface area contributed by atoms with Gasteiger partial charge in [0.15, 0.2) is 5.96 Å². The molecule has 2 fully saturated rings. The third-order valence-electron chi connectivity index (χ3n) is 5.83. The Morgan fingerprint density at radius 2 is 1.96 bits per heavy atom. The molecule has 0 unspecified atom stereocenters. The highest BCUT2D eigenvalue weighted by atomic mass is 127. The van der Waals surface area contributed by atoms with E-state index in [1.54, 1.807) is 0 Å². The number of halogens is 1.